The molecule has 0 saturated carbocycles. The van der Waals surface area contributed by atoms with Crippen molar-refractivity contribution in [3.63, 3.8) is 0 Å². The van der Waals surface area contributed by atoms with E-state index >= 15 is 0 Å². The molecule has 0 aliphatic heterocycles. The van der Waals surface area contributed by atoms with Crippen LogP contribution < -0.4 is 0 Å². The fourth-order valence-corrected chi connectivity index (χ4v) is 7.15. The molecule has 8 rings (SSSR count). The molecule has 242 valence electrons. The van der Waals surface area contributed by atoms with E-state index in [0.29, 0.717) is 0 Å². The molecule has 0 spiro atoms. The molecule has 7 aromatic rings. The van der Waals surface area contributed by atoms with E-state index in [1.165, 1.54) is 21.5 Å². The normalized spacial score (nSPS) is 14.4. The van der Waals surface area contributed by atoms with E-state index in [0.717, 1.165) is 62.3 Å². The lowest BCUT2D eigenvalue weighted by atomic mass is 10.1. The average Bonchev–Trinajstić information content (AvgIpc) is 3.71. The largest absolute Gasteiger partial charge is 0.316 e. The van der Waals surface area contributed by atoms with Crippen molar-refractivity contribution in [2.45, 2.75) is 20.3 Å². The number of nitrogens with zero attached hydrogens (tertiary/aromatic N) is 4. The summed E-state index contributed by atoms with van der Waals surface area (Å²) in [5, 5.41) is 4.82. The van der Waals surface area contributed by atoms with Gasteiger partial charge in [-0.15, -0.1) is 0 Å². The molecule has 50 heavy (non-hydrogen) atoms. The second kappa shape index (κ2) is 13.3. The second-order valence-electron chi connectivity index (χ2n) is 12.3. The molecule has 0 amide bonds. The van der Waals surface area contributed by atoms with Crippen LogP contribution in [0.15, 0.2) is 170 Å². The minimum absolute atomic E-state index is 0.868. The summed E-state index contributed by atoms with van der Waals surface area (Å²) < 4.78 is 6.88. The van der Waals surface area contributed by atoms with Crippen LogP contribution >= 0.6 is 0 Å². The van der Waals surface area contributed by atoms with Gasteiger partial charge in [-0.2, -0.15) is 0 Å². The molecule has 0 radical (unpaired) electrons. The summed E-state index contributed by atoms with van der Waals surface area (Å²) in [6.45, 7) is 8.79. The maximum atomic E-state index is 5.14. The Kier molecular flexibility index (Phi) is 8.19. The number of allylic oxidation sites excluding steroid dienone is 16. The predicted molar refractivity (Wildman–Crippen MR) is 217 cm³/mol. The number of rotatable bonds is 8. The van der Waals surface area contributed by atoms with Gasteiger partial charge in [-0.1, -0.05) is 116 Å². The standard InChI is InChI=1S/C46H38N4/c1-4-6-7-10-19-32-48-40-25-16-14-23-38(40)44-43(48)31-30-37-36-22-13-17-26-41(36)49(45(37)44)33(3)28-29-34(5-2)46-47-39-24-15-18-27-42(39)50(46)35-20-11-8-9-12-21-35/h4-11,13-32H,3,12H2,1-2H3/b6-4-,10-7-,29-28-,32-19+,34-5+. The smallest absolute Gasteiger partial charge is 0.145 e. The highest BCUT2D eigenvalue weighted by atomic mass is 15.1. The van der Waals surface area contributed by atoms with Gasteiger partial charge >= 0.3 is 0 Å². The van der Waals surface area contributed by atoms with Crippen LogP contribution in [0.4, 0.5) is 0 Å². The molecular formula is C46H38N4. The summed E-state index contributed by atoms with van der Waals surface area (Å²) in [4.78, 5) is 5.14. The third kappa shape index (κ3) is 5.22. The monoisotopic (exact) mass is 646 g/mol. The number of aromatic nitrogens is 4. The molecule has 3 aromatic heterocycles. The van der Waals surface area contributed by atoms with E-state index in [4.69, 9.17) is 11.6 Å². The van der Waals surface area contributed by atoms with Gasteiger partial charge in [-0.25, -0.2) is 4.98 Å². The quantitative estimate of drug-likeness (QED) is 0.151. The van der Waals surface area contributed by atoms with Gasteiger partial charge in [0.25, 0.3) is 0 Å². The Balaban J connectivity index is 1.30. The zero-order valence-electron chi connectivity index (χ0n) is 28.4. The van der Waals surface area contributed by atoms with Gasteiger partial charge < -0.3 is 9.13 Å². The van der Waals surface area contributed by atoms with Crippen LogP contribution in [0.2, 0.25) is 0 Å². The lowest BCUT2D eigenvalue weighted by molar-refractivity contribution is 1.09. The first-order chi connectivity index (χ1) is 24.7. The first kappa shape index (κ1) is 30.9. The van der Waals surface area contributed by atoms with Crippen LogP contribution in [0.3, 0.4) is 0 Å². The summed E-state index contributed by atoms with van der Waals surface area (Å²) >= 11 is 0. The Hall–Kier alpha value is -6.39. The van der Waals surface area contributed by atoms with Gasteiger partial charge in [0.1, 0.15) is 5.82 Å². The average molecular weight is 647 g/mol. The number of para-hydroxylation sites is 4. The van der Waals surface area contributed by atoms with E-state index in [-0.39, 0.29) is 0 Å². The van der Waals surface area contributed by atoms with E-state index in [9.17, 15) is 0 Å². The molecule has 4 nitrogen and oxygen atoms in total. The number of hydrogen-bond donors (Lipinski definition) is 0. The van der Waals surface area contributed by atoms with E-state index in [2.05, 4.69) is 166 Å². The van der Waals surface area contributed by atoms with Crippen molar-refractivity contribution in [3.05, 3.63) is 176 Å². The van der Waals surface area contributed by atoms with Crippen molar-refractivity contribution in [3.8, 4) is 0 Å². The first-order valence-corrected chi connectivity index (χ1v) is 17.2. The zero-order chi connectivity index (χ0) is 34.0. The highest BCUT2D eigenvalue weighted by molar-refractivity contribution is 6.26. The van der Waals surface area contributed by atoms with Crippen LogP contribution in [-0.4, -0.2) is 18.7 Å². The van der Waals surface area contributed by atoms with Crippen LogP contribution in [0, 0.1) is 0 Å². The Morgan fingerprint density at radius 3 is 2.32 bits per heavy atom. The molecule has 0 N–H and O–H groups in total. The Labute approximate surface area is 292 Å². The third-order valence-corrected chi connectivity index (χ3v) is 9.38. The van der Waals surface area contributed by atoms with E-state index in [1.54, 1.807) is 0 Å². The fourth-order valence-electron chi connectivity index (χ4n) is 7.15. The van der Waals surface area contributed by atoms with Crippen LogP contribution in [0.1, 0.15) is 26.1 Å². The molecule has 4 heteroatoms. The predicted octanol–water partition coefficient (Wildman–Crippen LogP) is 12.3. The molecule has 0 bridgehead atoms. The van der Waals surface area contributed by atoms with E-state index < -0.39 is 0 Å². The Morgan fingerprint density at radius 1 is 0.720 bits per heavy atom. The van der Waals surface area contributed by atoms with Crippen molar-refractivity contribution in [2.75, 3.05) is 0 Å². The lowest BCUT2D eigenvalue weighted by Gasteiger charge is -2.12. The van der Waals surface area contributed by atoms with Gasteiger partial charge in [-0.05, 0) is 74.9 Å². The highest BCUT2D eigenvalue weighted by Crippen LogP contribution is 2.41. The maximum absolute atomic E-state index is 5.14. The van der Waals surface area contributed by atoms with Crippen molar-refractivity contribution in [1.82, 2.24) is 18.7 Å². The van der Waals surface area contributed by atoms with Crippen LogP contribution in [-0.2, 0) is 0 Å². The van der Waals surface area contributed by atoms with Gasteiger partial charge in [0.05, 0.1) is 33.1 Å². The fraction of sp³-hybridized carbons (Fsp3) is 0.0652. The van der Waals surface area contributed by atoms with Crippen molar-refractivity contribution < 1.29 is 0 Å². The molecular weight excluding hydrogens is 609 g/mol. The molecule has 0 fully saturated rings. The molecule has 3 heterocycles. The zero-order valence-corrected chi connectivity index (χ0v) is 28.4. The van der Waals surface area contributed by atoms with Gasteiger partial charge in [0.2, 0.25) is 0 Å². The number of imidazole rings is 1. The van der Waals surface area contributed by atoms with Crippen LogP contribution in [0.25, 0.3) is 77.8 Å². The minimum atomic E-state index is 0.868. The number of fused-ring (bicyclic) bond motifs is 8. The minimum Gasteiger partial charge on any atom is -0.316 e. The Morgan fingerprint density at radius 2 is 1.48 bits per heavy atom. The molecule has 4 aromatic carbocycles. The van der Waals surface area contributed by atoms with Gasteiger partial charge in [0.15, 0.2) is 0 Å². The summed E-state index contributed by atoms with van der Waals surface area (Å²) in [5.41, 5.74) is 9.65. The summed E-state index contributed by atoms with van der Waals surface area (Å²) in [6.07, 6.45) is 30.5. The van der Waals surface area contributed by atoms with Gasteiger partial charge in [-0.3, -0.25) is 4.57 Å². The molecule has 1 aliphatic rings. The number of benzene rings is 4. The first-order valence-electron chi connectivity index (χ1n) is 17.2. The summed E-state index contributed by atoms with van der Waals surface area (Å²) in [6, 6.07) is 30.2. The second-order valence-corrected chi connectivity index (χ2v) is 12.3. The molecule has 0 saturated heterocycles. The Bertz CT molecular complexity index is 2700. The van der Waals surface area contributed by atoms with Crippen LogP contribution in [0.5, 0.6) is 0 Å². The summed E-state index contributed by atoms with van der Waals surface area (Å²) in [7, 11) is 0. The van der Waals surface area contributed by atoms with Crippen molar-refractivity contribution >= 4 is 77.8 Å². The third-order valence-electron chi connectivity index (χ3n) is 9.38. The lowest BCUT2D eigenvalue weighted by Crippen LogP contribution is -2.01. The topological polar surface area (TPSA) is 27.7 Å². The molecule has 0 atom stereocenters. The van der Waals surface area contributed by atoms with E-state index in [1.807, 2.05) is 31.2 Å². The highest BCUT2D eigenvalue weighted by Gasteiger charge is 2.20. The van der Waals surface area contributed by atoms with Gasteiger partial charge in [0, 0.05) is 44.7 Å². The van der Waals surface area contributed by atoms with Crippen molar-refractivity contribution in [2.24, 2.45) is 0 Å². The van der Waals surface area contributed by atoms with Crippen molar-refractivity contribution in [1.29, 1.82) is 0 Å². The summed E-state index contributed by atoms with van der Waals surface area (Å²) in [5.74, 6) is 0.901. The molecule has 0 unspecified atom stereocenters. The molecule has 1 aliphatic carbocycles. The maximum Gasteiger partial charge on any atom is 0.145 e. The SMILES string of the molecule is C=C(/C=C\C(=C/C)c1nc2ccccc2n1C1=CCC=CC=C1)n1c2ccccc2c2ccc3c(c4ccccc4n3/C=C/C=C\C=C/C)c21. The number of hydrogen-bond acceptors (Lipinski definition) is 1.